The van der Waals surface area contributed by atoms with E-state index >= 15 is 0 Å². The van der Waals surface area contributed by atoms with Gasteiger partial charge in [0.1, 0.15) is 6.10 Å². The number of carboxylic acids is 2. The van der Waals surface area contributed by atoms with Crippen LogP contribution >= 0.6 is 0 Å². The fourth-order valence-corrected chi connectivity index (χ4v) is 4.21. The number of nitrogens with two attached hydrogens (primary N) is 1. The van der Waals surface area contributed by atoms with Gasteiger partial charge >= 0.3 is 17.9 Å². The number of aliphatic hydroxyl groups is 2. The SMILES string of the molecule is CCCC(C)C(CCC(C)CCCCCCC(O)CC(O)C(C)N)OC(=O)C(CC(=O)O)C(=O)O. The van der Waals surface area contributed by atoms with Crippen LogP contribution in [0.4, 0.5) is 0 Å². The number of esters is 1. The van der Waals surface area contributed by atoms with Crippen molar-refractivity contribution in [2.75, 3.05) is 0 Å². The molecule has 0 aromatic rings. The molecule has 0 aliphatic rings. The van der Waals surface area contributed by atoms with Crippen LogP contribution in [0.2, 0.25) is 0 Å². The minimum atomic E-state index is -1.69. The Labute approximate surface area is 210 Å². The van der Waals surface area contributed by atoms with Crippen LogP contribution < -0.4 is 5.73 Å². The molecule has 0 spiro atoms. The highest BCUT2D eigenvalue weighted by atomic mass is 16.5. The Bertz CT molecular complexity index is 612. The molecule has 7 unspecified atom stereocenters. The molecule has 0 radical (unpaired) electrons. The second-order valence-corrected chi connectivity index (χ2v) is 10.2. The molecular weight excluding hydrogens is 454 g/mol. The van der Waals surface area contributed by atoms with Crippen LogP contribution in [0.15, 0.2) is 0 Å². The Morgan fingerprint density at radius 1 is 0.857 bits per heavy atom. The average Bonchev–Trinajstić information content (AvgIpc) is 2.76. The van der Waals surface area contributed by atoms with Gasteiger partial charge in [0.2, 0.25) is 0 Å². The number of rotatable bonds is 21. The smallest absolute Gasteiger partial charge is 0.321 e. The molecule has 0 rings (SSSR count). The third-order valence-electron chi connectivity index (χ3n) is 6.66. The predicted molar refractivity (Wildman–Crippen MR) is 134 cm³/mol. The van der Waals surface area contributed by atoms with Crippen molar-refractivity contribution < 1.29 is 39.5 Å². The average molecular weight is 504 g/mol. The topological polar surface area (TPSA) is 167 Å². The van der Waals surface area contributed by atoms with E-state index in [-0.39, 0.29) is 12.0 Å². The van der Waals surface area contributed by atoms with Crippen molar-refractivity contribution in [3.05, 3.63) is 0 Å². The number of ether oxygens (including phenoxy) is 1. The summed E-state index contributed by atoms with van der Waals surface area (Å²) in [6.45, 7) is 7.87. The minimum Gasteiger partial charge on any atom is -0.481 e. The van der Waals surface area contributed by atoms with Gasteiger partial charge in [-0.1, -0.05) is 59.3 Å². The fraction of sp³-hybridized carbons (Fsp3) is 0.885. The normalized spacial score (nSPS) is 17.6. The summed E-state index contributed by atoms with van der Waals surface area (Å²) in [6, 6.07) is -0.345. The van der Waals surface area contributed by atoms with Crippen LogP contribution in [0.1, 0.15) is 105 Å². The molecule has 0 saturated carbocycles. The first-order chi connectivity index (χ1) is 16.4. The highest BCUT2D eigenvalue weighted by Crippen LogP contribution is 2.25. The Kier molecular flexibility index (Phi) is 17.6. The molecule has 0 aliphatic heterocycles. The Morgan fingerprint density at radius 2 is 1.46 bits per heavy atom. The second kappa shape index (κ2) is 18.5. The van der Waals surface area contributed by atoms with E-state index in [4.69, 9.17) is 15.6 Å². The second-order valence-electron chi connectivity index (χ2n) is 10.2. The summed E-state index contributed by atoms with van der Waals surface area (Å²) in [5, 5.41) is 37.8. The Morgan fingerprint density at radius 3 is 1.97 bits per heavy atom. The number of carbonyl (C=O) groups is 3. The maximum Gasteiger partial charge on any atom is 0.321 e. The van der Waals surface area contributed by atoms with Crippen LogP contribution in [-0.2, 0) is 19.1 Å². The maximum absolute atomic E-state index is 12.4. The number of carboxylic acid groups (broad SMARTS) is 2. The van der Waals surface area contributed by atoms with E-state index in [1.165, 1.54) is 0 Å². The maximum atomic E-state index is 12.4. The lowest BCUT2D eigenvalue weighted by molar-refractivity contribution is -0.168. The molecule has 0 heterocycles. The van der Waals surface area contributed by atoms with E-state index in [2.05, 4.69) is 6.92 Å². The summed E-state index contributed by atoms with van der Waals surface area (Å²) in [6.07, 6.45) is 6.72. The van der Waals surface area contributed by atoms with Gasteiger partial charge in [0.05, 0.1) is 18.6 Å². The number of hydrogen-bond acceptors (Lipinski definition) is 7. The molecular formula is C26H49NO8. The van der Waals surface area contributed by atoms with Gasteiger partial charge in [-0.2, -0.15) is 0 Å². The predicted octanol–water partition coefficient (Wildman–Crippen LogP) is 3.73. The summed E-state index contributed by atoms with van der Waals surface area (Å²) in [4.78, 5) is 34.6. The van der Waals surface area contributed by atoms with Crippen molar-refractivity contribution in [3.63, 3.8) is 0 Å². The van der Waals surface area contributed by atoms with E-state index in [1.54, 1.807) is 6.92 Å². The molecule has 0 amide bonds. The fourth-order valence-electron chi connectivity index (χ4n) is 4.21. The molecule has 9 heteroatoms. The van der Waals surface area contributed by atoms with Gasteiger partial charge in [0.15, 0.2) is 5.92 Å². The van der Waals surface area contributed by atoms with Gasteiger partial charge in [0.25, 0.3) is 0 Å². The number of aliphatic hydroxyl groups excluding tert-OH is 2. The molecule has 6 N–H and O–H groups in total. The highest BCUT2D eigenvalue weighted by Gasteiger charge is 2.33. The first kappa shape index (κ1) is 33.3. The molecule has 7 atom stereocenters. The first-order valence-corrected chi connectivity index (χ1v) is 13.2. The third-order valence-corrected chi connectivity index (χ3v) is 6.66. The molecule has 0 aliphatic carbocycles. The number of carbonyl (C=O) groups excluding carboxylic acids is 1. The number of aliphatic carboxylic acids is 2. The van der Waals surface area contributed by atoms with E-state index in [9.17, 15) is 29.7 Å². The van der Waals surface area contributed by atoms with Crippen LogP contribution in [0, 0.1) is 17.8 Å². The molecule has 0 aromatic heterocycles. The lowest BCUT2D eigenvalue weighted by Crippen LogP contribution is -2.34. The molecule has 9 nitrogen and oxygen atoms in total. The van der Waals surface area contributed by atoms with Gasteiger partial charge in [-0.25, -0.2) is 0 Å². The van der Waals surface area contributed by atoms with E-state index in [1.807, 2.05) is 13.8 Å². The molecule has 206 valence electrons. The third kappa shape index (κ3) is 15.8. The molecule has 0 aromatic carbocycles. The van der Waals surface area contributed by atoms with Crippen molar-refractivity contribution in [1.82, 2.24) is 0 Å². The van der Waals surface area contributed by atoms with Gasteiger partial charge in [-0.15, -0.1) is 0 Å². The first-order valence-electron chi connectivity index (χ1n) is 13.2. The number of unbranched alkanes of at least 4 members (excludes halogenated alkanes) is 3. The summed E-state index contributed by atoms with van der Waals surface area (Å²) in [7, 11) is 0. The van der Waals surface area contributed by atoms with E-state index < -0.39 is 48.6 Å². The summed E-state index contributed by atoms with van der Waals surface area (Å²) in [5.74, 6) is -5.03. The van der Waals surface area contributed by atoms with Crippen molar-refractivity contribution in [1.29, 1.82) is 0 Å². The van der Waals surface area contributed by atoms with Gasteiger partial charge in [-0.05, 0) is 44.4 Å². The van der Waals surface area contributed by atoms with E-state index in [0.29, 0.717) is 25.2 Å². The van der Waals surface area contributed by atoms with Crippen LogP contribution in [0.3, 0.4) is 0 Å². The molecule has 35 heavy (non-hydrogen) atoms. The zero-order chi connectivity index (χ0) is 27.0. The molecule has 0 saturated heterocycles. The van der Waals surface area contributed by atoms with E-state index in [0.717, 1.165) is 51.4 Å². The molecule has 0 fully saturated rings. The van der Waals surface area contributed by atoms with Crippen molar-refractivity contribution in [2.24, 2.45) is 23.5 Å². The lowest BCUT2D eigenvalue weighted by atomic mass is 9.90. The number of hydrogen-bond donors (Lipinski definition) is 5. The van der Waals surface area contributed by atoms with Crippen LogP contribution in [-0.4, -0.2) is 62.7 Å². The summed E-state index contributed by atoms with van der Waals surface area (Å²) >= 11 is 0. The van der Waals surface area contributed by atoms with Gasteiger partial charge < -0.3 is 30.9 Å². The highest BCUT2D eigenvalue weighted by molar-refractivity contribution is 5.97. The van der Waals surface area contributed by atoms with Crippen molar-refractivity contribution in [2.45, 2.75) is 129 Å². The zero-order valence-corrected chi connectivity index (χ0v) is 22.0. The summed E-state index contributed by atoms with van der Waals surface area (Å²) in [5.41, 5.74) is 5.62. The molecule has 0 bridgehead atoms. The minimum absolute atomic E-state index is 0.0580. The largest absolute Gasteiger partial charge is 0.481 e. The standard InChI is InChI=1S/C26H49NO8/c1-5-10-18(3)23(35-26(34)21(25(32)33)16-24(30)31)14-13-17(2)11-8-6-7-9-12-20(28)15-22(29)19(4)27/h17-23,28-29H,5-16,27H2,1-4H3,(H,30,31)(H,32,33). The van der Waals surface area contributed by atoms with Crippen LogP contribution in [0.5, 0.6) is 0 Å². The van der Waals surface area contributed by atoms with Gasteiger partial charge in [-0.3, -0.25) is 14.4 Å². The van der Waals surface area contributed by atoms with Crippen LogP contribution in [0.25, 0.3) is 0 Å². The van der Waals surface area contributed by atoms with Crippen molar-refractivity contribution in [3.8, 4) is 0 Å². The Balaban J connectivity index is 4.45. The zero-order valence-electron chi connectivity index (χ0n) is 22.0. The summed E-state index contributed by atoms with van der Waals surface area (Å²) < 4.78 is 5.53. The Hall–Kier alpha value is -1.71. The van der Waals surface area contributed by atoms with Crippen molar-refractivity contribution >= 4 is 17.9 Å². The van der Waals surface area contributed by atoms with Gasteiger partial charge in [0, 0.05) is 12.5 Å². The lowest BCUT2D eigenvalue weighted by Gasteiger charge is -2.26. The monoisotopic (exact) mass is 503 g/mol. The quantitative estimate of drug-likeness (QED) is 0.0890.